The third-order valence-corrected chi connectivity index (χ3v) is 3.06. The van der Waals surface area contributed by atoms with E-state index in [-0.39, 0.29) is 11.9 Å². The summed E-state index contributed by atoms with van der Waals surface area (Å²) in [5.41, 5.74) is 8.66. The number of rotatable bonds is 1. The van der Waals surface area contributed by atoms with Gasteiger partial charge >= 0.3 is 0 Å². The maximum absolute atomic E-state index is 13.1. The third-order valence-electron chi connectivity index (χ3n) is 3.06. The van der Waals surface area contributed by atoms with Crippen molar-refractivity contribution in [2.24, 2.45) is 5.73 Å². The molecule has 86 valence electrons. The summed E-state index contributed by atoms with van der Waals surface area (Å²) >= 11 is 0. The third kappa shape index (κ3) is 1.80. The fourth-order valence-electron chi connectivity index (χ4n) is 2.15. The SMILES string of the molecule is NC1CCc2cnc(-c3cccc(F)c3)nc21. The average molecular weight is 229 g/mol. The zero-order valence-corrected chi connectivity index (χ0v) is 9.23. The fraction of sp³-hybridized carbons (Fsp3) is 0.231. The predicted molar refractivity (Wildman–Crippen MR) is 62.7 cm³/mol. The van der Waals surface area contributed by atoms with E-state index in [4.69, 9.17) is 5.73 Å². The van der Waals surface area contributed by atoms with Crippen molar-refractivity contribution in [2.75, 3.05) is 0 Å². The second-order valence-corrected chi connectivity index (χ2v) is 4.26. The van der Waals surface area contributed by atoms with Crippen LogP contribution < -0.4 is 5.73 Å². The Balaban J connectivity index is 2.08. The lowest BCUT2D eigenvalue weighted by molar-refractivity contribution is 0.628. The van der Waals surface area contributed by atoms with E-state index in [1.54, 1.807) is 18.3 Å². The van der Waals surface area contributed by atoms with Gasteiger partial charge in [-0.3, -0.25) is 0 Å². The van der Waals surface area contributed by atoms with Crippen molar-refractivity contribution in [3.05, 3.63) is 47.5 Å². The van der Waals surface area contributed by atoms with Crippen LogP contribution in [0.4, 0.5) is 4.39 Å². The maximum Gasteiger partial charge on any atom is 0.159 e. The Labute approximate surface area is 98.5 Å². The number of fused-ring (bicyclic) bond motifs is 1. The van der Waals surface area contributed by atoms with E-state index in [1.165, 1.54) is 12.1 Å². The Morgan fingerprint density at radius 3 is 3.06 bits per heavy atom. The smallest absolute Gasteiger partial charge is 0.159 e. The number of aryl methyl sites for hydroxylation is 1. The second kappa shape index (κ2) is 3.89. The summed E-state index contributed by atoms with van der Waals surface area (Å²) in [4.78, 5) is 8.71. The first-order valence-electron chi connectivity index (χ1n) is 5.61. The van der Waals surface area contributed by atoms with Crippen LogP contribution in [0.25, 0.3) is 11.4 Å². The van der Waals surface area contributed by atoms with Gasteiger partial charge < -0.3 is 5.73 Å². The molecule has 1 aliphatic rings. The Bertz CT molecular complexity index is 568. The minimum Gasteiger partial charge on any atom is -0.323 e. The Hall–Kier alpha value is -1.81. The van der Waals surface area contributed by atoms with Gasteiger partial charge in [-0.15, -0.1) is 0 Å². The maximum atomic E-state index is 13.1. The molecule has 0 amide bonds. The standard InChI is InChI=1S/C13H12FN3/c14-10-3-1-2-8(6-10)13-16-7-9-4-5-11(15)12(9)17-13/h1-3,6-7,11H,4-5,15H2. The van der Waals surface area contributed by atoms with Crippen molar-refractivity contribution in [2.45, 2.75) is 18.9 Å². The lowest BCUT2D eigenvalue weighted by atomic mass is 10.2. The number of aromatic nitrogens is 2. The number of hydrogen-bond acceptors (Lipinski definition) is 3. The van der Waals surface area contributed by atoms with Crippen LogP contribution in [-0.2, 0) is 6.42 Å². The topological polar surface area (TPSA) is 51.8 Å². The summed E-state index contributed by atoms with van der Waals surface area (Å²) in [5.74, 6) is 0.261. The van der Waals surface area contributed by atoms with Crippen molar-refractivity contribution >= 4 is 0 Å². The minimum atomic E-state index is -0.282. The van der Waals surface area contributed by atoms with Gasteiger partial charge in [-0.2, -0.15) is 0 Å². The molecular weight excluding hydrogens is 217 g/mol. The Morgan fingerprint density at radius 1 is 1.35 bits per heavy atom. The van der Waals surface area contributed by atoms with E-state index in [9.17, 15) is 4.39 Å². The van der Waals surface area contributed by atoms with Crippen molar-refractivity contribution in [3.63, 3.8) is 0 Å². The molecule has 1 unspecified atom stereocenters. The molecule has 2 aromatic rings. The highest BCUT2D eigenvalue weighted by Crippen LogP contribution is 2.28. The van der Waals surface area contributed by atoms with Gasteiger partial charge in [0, 0.05) is 17.8 Å². The van der Waals surface area contributed by atoms with Crippen molar-refractivity contribution in [1.29, 1.82) is 0 Å². The first-order chi connectivity index (χ1) is 8.24. The van der Waals surface area contributed by atoms with Crippen molar-refractivity contribution < 1.29 is 4.39 Å². The highest BCUT2D eigenvalue weighted by molar-refractivity contribution is 5.55. The highest BCUT2D eigenvalue weighted by Gasteiger charge is 2.21. The number of nitrogens with zero attached hydrogens (tertiary/aromatic N) is 2. The van der Waals surface area contributed by atoms with Gasteiger partial charge in [0.25, 0.3) is 0 Å². The summed E-state index contributed by atoms with van der Waals surface area (Å²) < 4.78 is 13.1. The van der Waals surface area contributed by atoms with Gasteiger partial charge in [0.1, 0.15) is 5.82 Å². The molecule has 0 bridgehead atoms. The highest BCUT2D eigenvalue weighted by atomic mass is 19.1. The monoisotopic (exact) mass is 229 g/mol. The van der Waals surface area contributed by atoms with E-state index in [0.29, 0.717) is 11.4 Å². The summed E-state index contributed by atoms with van der Waals surface area (Å²) in [6.45, 7) is 0. The van der Waals surface area contributed by atoms with Gasteiger partial charge in [-0.25, -0.2) is 14.4 Å². The lowest BCUT2D eigenvalue weighted by Crippen LogP contribution is -2.08. The molecule has 17 heavy (non-hydrogen) atoms. The first-order valence-corrected chi connectivity index (χ1v) is 5.61. The molecule has 0 spiro atoms. The van der Waals surface area contributed by atoms with Crippen LogP contribution in [-0.4, -0.2) is 9.97 Å². The van der Waals surface area contributed by atoms with Crippen LogP contribution in [0.15, 0.2) is 30.5 Å². The van der Waals surface area contributed by atoms with E-state index < -0.39 is 0 Å². The molecule has 3 rings (SSSR count). The molecule has 3 nitrogen and oxygen atoms in total. The van der Waals surface area contributed by atoms with Crippen LogP contribution in [0.5, 0.6) is 0 Å². The largest absolute Gasteiger partial charge is 0.323 e. The second-order valence-electron chi connectivity index (χ2n) is 4.26. The molecular formula is C13H12FN3. The average Bonchev–Trinajstić information content (AvgIpc) is 2.71. The molecule has 0 radical (unpaired) electrons. The number of hydrogen-bond donors (Lipinski definition) is 1. The quantitative estimate of drug-likeness (QED) is 0.815. The Kier molecular flexibility index (Phi) is 2.37. The van der Waals surface area contributed by atoms with Gasteiger partial charge in [0.05, 0.1) is 5.69 Å². The van der Waals surface area contributed by atoms with Gasteiger partial charge in [0.2, 0.25) is 0 Å². The molecule has 2 N–H and O–H groups in total. The van der Waals surface area contributed by atoms with E-state index in [0.717, 1.165) is 24.1 Å². The molecule has 0 saturated carbocycles. The lowest BCUT2D eigenvalue weighted by Gasteiger charge is -2.06. The molecule has 1 aliphatic carbocycles. The van der Waals surface area contributed by atoms with E-state index in [2.05, 4.69) is 9.97 Å². The number of benzene rings is 1. The van der Waals surface area contributed by atoms with Crippen molar-refractivity contribution in [3.8, 4) is 11.4 Å². The molecule has 0 saturated heterocycles. The molecule has 1 atom stereocenters. The molecule has 1 aromatic heterocycles. The van der Waals surface area contributed by atoms with Crippen molar-refractivity contribution in [1.82, 2.24) is 9.97 Å². The molecule has 1 heterocycles. The van der Waals surface area contributed by atoms with Crippen LogP contribution >= 0.6 is 0 Å². The normalized spacial score (nSPS) is 18.1. The number of nitrogens with two attached hydrogens (primary N) is 1. The van der Waals surface area contributed by atoms with Gasteiger partial charge in [-0.1, -0.05) is 12.1 Å². The molecule has 0 fully saturated rings. The summed E-state index contributed by atoms with van der Waals surface area (Å²) in [6.07, 6.45) is 3.64. The summed E-state index contributed by atoms with van der Waals surface area (Å²) in [7, 11) is 0. The van der Waals surface area contributed by atoms with Crippen LogP contribution in [0.2, 0.25) is 0 Å². The van der Waals surface area contributed by atoms with Crippen LogP contribution in [0, 0.1) is 5.82 Å². The zero-order valence-electron chi connectivity index (χ0n) is 9.23. The molecule has 1 aromatic carbocycles. The van der Waals surface area contributed by atoms with Gasteiger partial charge in [0.15, 0.2) is 5.82 Å². The van der Waals surface area contributed by atoms with E-state index >= 15 is 0 Å². The first kappa shape index (κ1) is 10.4. The van der Waals surface area contributed by atoms with E-state index in [1.807, 2.05) is 0 Å². The molecule has 0 aliphatic heterocycles. The van der Waals surface area contributed by atoms with Crippen LogP contribution in [0.1, 0.15) is 23.7 Å². The summed E-state index contributed by atoms with van der Waals surface area (Å²) in [5, 5.41) is 0. The Morgan fingerprint density at radius 2 is 2.24 bits per heavy atom. The molecule has 4 heteroatoms. The van der Waals surface area contributed by atoms with Gasteiger partial charge in [-0.05, 0) is 30.5 Å². The number of halogens is 1. The minimum absolute atomic E-state index is 0.0136. The van der Waals surface area contributed by atoms with Crippen LogP contribution in [0.3, 0.4) is 0 Å². The summed E-state index contributed by atoms with van der Waals surface area (Å²) in [6, 6.07) is 6.28. The predicted octanol–water partition coefficient (Wildman–Crippen LogP) is 2.23. The zero-order chi connectivity index (χ0) is 11.8. The fourth-order valence-corrected chi connectivity index (χ4v) is 2.15.